The Labute approximate surface area is 211 Å². The van der Waals surface area contributed by atoms with Gasteiger partial charge >= 0.3 is 0 Å². The average molecular weight is 516 g/mol. The molecule has 0 atom stereocenters. The zero-order chi connectivity index (χ0) is 23.7. The summed E-state index contributed by atoms with van der Waals surface area (Å²) in [6.45, 7) is 6.83. The van der Waals surface area contributed by atoms with Gasteiger partial charge in [-0.25, -0.2) is 0 Å². The number of carbonyl (C=O) groups is 1. The van der Waals surface area contributed by atoms with Crippen LogP contribution in [0.3, 0.4) is 0 Å². The molecule has 0 spiro atoms. The Morgan fingerprint density at radius 1 is 1.24 bits per heavy atom. The van der Waals surface area contributed by atoms with Gasteiger partial charge in [0.15, 0.2) is 11.5 Å². The van der Waals surface area contributed by atoms with Crippen molar-refractivity contribution in [3.05, 3.63) is 57.5 Å². The van der Waals surface area contributed by atoms with Crippen LogP contribution in [0.15, 0.2) is 46.3 Å². The Kier molecular flexibility index (Phi) is 6.87. The summed E-state index contributed by atoms with van der Waals surface area (Å²) < 4.78 is 8.05. The zero-order valence-corrected chi connectivity index (χ0v) is 21.4. The van der Waals surface area contributed by atoms with E-state index in [1.807, 2.05) is 46.5 Å². The number of likely N-dealkylation sites (tertiary alicyclic amines) is 1. The number of piperidine rings is 1. The summed E-state index contributed by atoms with van der Waals surface area (Å²) in [5.41, 5.74) is 2.04. The lowest BCUT2D eigenvalue weighted by molar-refractivity contribution is 0.0895. The van der Waals surface area contributed by atoms with Gasteiger partial charge in [-0.05, 0) is 56.3 Å². The summed E-state index contributed by atoms with van der Waals surface area (Å²) in [5, 5.41) is 14.1. The Morgan fingerprint density at radius 2 is 2.06 bits per heavy atom. The molecule has 4 aromatic heterocycles. The number of nitrogens with one attached hydrogen (secondary N) is 1. The van der Waals surface area contributed by atoms with Crippen molar-refractivity contribution in [3.8, 4) is 21.2 Å². The summed E-state index contributed by atoms with van der Waals surface area (Å²) in [4.78, 5) is 17.5. The van der Waals surface area contributed by atoms with Crippen LogP contribution < -0.4 is 5.32 Å². The van der Waals surface area contributed by atoms with Crippen molar-refractivity contribution < 1.29 is 9.32 Å². The van der Waals surface area contributed by atoms with Gasteiger partial charge in [-0.1, -0.05) is 22.8 Å². The largest absolute Gasteiger partial charge is 0.355 e. The highest BCUT2D eigenvalue weighted by Crippen LogP contribution is 2.32. The highest BCUT2D eigenvalue weighted by atomic mass is 35.5. The highest BCUT2D eigenvalue weighted by molar-refractivity contribution is 7.19. The molecule has 5 heterocycles. The summed E-state index contributed by atoms with van der Waals surface area (Å²) >= 11 is 9.11. The Morgan fingerprint density at radius 3 is 2.74 bits per heavy atom. The molecule has 34 heavy (non-hydrogen) atoms. The van der Waals surface area contributed by atoms with Gasteiger partial charge in [0.25, 0.3) is 5.91 Å². The van der Waals surface area contributed by atoms with Crippen LogP contribution in [0, 0.1) is 0 Å². The molecule has 1 N–H and O–H groups in total. The maximum absolute atomic E-state index is 13.1. The molecule has 0 aliphatic carbocycles. The minimum absolute atomic E-state index is 0.131. The van der Waals surface area contributed by atoms with E-state index in [0.717, 1.165) is 47.1 Å². The van der Waals surface area contributed by atoms with E-state index in [4.69, 9.17) is 16.1 Å². The number of aromatic nitrogens is 3. The van der Waals surface area contributed by atoms with Crippen LogP contribution in [0.4, 0.5) is 0 Å². The number of halogens is 1. The van der Waals surface area contributed by atoms with Crippen molar-refractivity contribution in [3.63, 3.8) is 0 Å². The first-order valence-electron chi connectivity index (χ1n) is 11.3. The standard InChI is InChI=1S/C24H26ClN5O2S2/c1-15(2)29-9-7-16(8-10-29)26-24(31)18-13-19(21-4-3-11-33-21)30(27-18)14-17-12-20(32-28-17)22-5-6-23(25)34-22/h3-6,11-13,15-16H,7-10,14H2,1-2H3,(H,26,31). The summed E-state index contributed by atoms with van der Waals surface area (Å²) in [7, 11) is 0. The fourth-order valence-corrected chi connectivity index (χ4v) is 5.93. The maximum Gasteiger partial charge on any atom is 0.272 e. The number of rotatable bonds is 7. The van der Waals surface area contributed by atoms with E-state index < -0.39 is 0 Å². The molecular weight excluding hydrogens is 490 g/mol. The molecule has 4 aromatic rings. The van der Waals surface area contributed by atoms with Crippen LogP contribution in [0.25, 0.3) is 21.2 Å². The highest BCUT2D eigenvalue weighted by Gasteiger charge is 2.24. The van der Waals surface area contributed by atoms with Gasteiger partial charge in [0.1, 0.15) is 5.69 Å². The zero-order valence-electron chi connectivity index (χ0n) is 19.0. The Bertz CT molecular complexity index is 1250. The second kappa shape index (κ2) is 10.0. The molecule has 0 saturated carbocycles. The normalized spacial score (nSPS) is 15.3. The quantitative estimate of drug-likeness (QED) is 0.345. The van der Waals surface area contributed by atoms with E-state index in [0.29, 0.717) is 28.4 Å². The van der Waals surface area contributed by atoms with Crippen LogP contribution >= 0.6 is 34.3 Å². The molecule has 1 fully saturated rings. The number of hydrogen-bond donors (Lipinski definition) is 1. The Hall–Kier alpha value is -2.46. The number of carbonyl (C=O) groups excluding carboxylic acids is 1. The van der Waals surface area contributed by atoms with Crippen LogP contribution in [0.2, 0.25) is 4.34 Å². The molecule has 5 rings (SSSR count). The fourth-order valence-electron chi connectivity index (χ4n) is 4.19. The van der Waals surface area contributed by atoms with Crippen molar-refractivity contribution in [1.29, 1.82) is 0 Å². The van der Waals surface area contributed by atoms with E-state index in [9.17, 15) is 4.79 Å². The summed E-state index contributed by atoms with van der Waals surface area (Å²) in [5.74, 6) is 0.538. The molecule has 1 aliphatic heterocycles. The van der Waals surface area contributed by atoms with Gasteiger partial charge in [-0.3, -0.25) is 9.48 Å². The number of thiophene rings is 2. The van der Waals surface area contributed by atoms with Crippen LogP contribution in [0.1, 0.15) is 42.9 Å². The van der Waals surface area contributed by atoms with Gasteiger partial charge < -0.3 is 14.7 Å². The molecule has 178 valence electrons. The summed E-state index contributed by atoms with van der Waals surface area (Å²) in [6.07, 6.45) is 1.91. The van der Waals surface area contributed by atoms with Gasteiger partial charge in [-0.2, -0.15) is 5.10 Å². The van der Waals surface area contributed by atoms with E-state index in [1.54, 1.807) is 11.3 Å². The number of nitrogens with zero attached hydrogens (tertiary/aromatic N) is 4. The second-order valence-electron chi connectivity index (χ2n) is 8.71. The van der Waals surface area contributed by atoms with E-state index in [-0.39, 0.29) is 11.9 Å². The van der Waals surface area contributed by atoms with Gasteiger partial charge in [0.05, 0.1) is 26.3 Å². The number of hydrogen-bond acceptors (Lipinski definition) is 7. The molecule has 0 bridgehead atoms. The van der Waals surface area contributed by atoms with E-state index >= 15 is 0 Å². The van der Waals surface area contributed by atoms with Crippen molar-refractivity contribution in [2.75, 3.05) is 13.1 Å². The third kappa shape index (κ3) is 5.12. The van der Waals surface area contributed by atoms with Gasteiger partial charge in [-0.15, -0.1) is 22.7 Å². The molecule has 7 nitrogen and oxygen atoms in total. The molecule has 0 unspecified atom stereocenters. The maximum atomic E-state index is 13.1. The van der Waals surface area contributed by atoms with Crippen LogP contribution in [-0.4, -0.2) is 50.9 Å². The molecule has 1 saturated heterocycles. The third-order valence-corrected chi connectivity index (χ3v) is 8.21. The van der Waals surface area contributed by atoms with Gasteiger partial charge in [0, 0.05) is 31.2 Å². The first kappa shape index (κ1) is 23.3. The lowest BCUT2D eigenvalue weighted by atomic mass is 10.0. The van der Waals surface area contributed by atoms with Crippen molar-refractivity contribution in [2.24, 2.45) is 0 Å². The monoisotopic (exact) mass is 515 g/mol. The van der Waals surface area contributed by atoms with Crippen molar-refractivity contribution in [1.82, 2.24) is 25.2 Å². The average Bonchev–Trinajstić information content (AvgIpc) is 3.61. The number of amides is 1. The van der Waals surface area contributed by atoms with Crippen LogP contribution in [0.5, 0.6) is 0 Å². The minimum atomic E-state index is -0.131. The first-order valence-corrected chi connectivity index (χ1v) is 13.4. The molecule has 10 heteroatoms. The van der Waals surface area contributed by atoms with Crippen molar-refractivity contribution >= 4 is 40.2 Å². The third-order valence-electron chi connectivity index (χ3n) is 6.07. The molecule has 0 radical (unpaired) electrons. The van der Waals surface area contributed by atoms with Crippen LogP contribution in [-0.2, 0) is 6.54 Å². The topological polar surface area (TPSA) is 76.2 Å². The lowest BCUT2D eigenvalue weighted by Gasteiger charge is -2.34. The van der Waals surface area contributed by atoms with Crippen molar-refractivity contribution in [2.45, 2.75) is 45.3 Å². The van der Waals surface area contributed by atoms with Gasteiger partial charge in [0.2, 0.25) is 0 Å². The molecule has 1 aliphatic rings. The fraction of sp³-hybridized carbons (Fsp3) is 0.375. The summed E-state index contributed by atoms with van der Waals surface area (Å²) in [6, 6.07) is 12.2. The lowest BCUT2D eigenvalue weighted by Crippen LogP contribution is -2.46. The first-order chi connectivity index (χ1) is 16.5. The smallest absolute Gasteiger partial charge is 0.272 e. The Balaban J connectivity index is 1.33. The molecular formula is C24H26ClN5O2S2. The molecule has 1 amide bonds. The minimum Gasteiger partial charge on any atom is -0.355 e. The molecule has 0 aromatic carbocycles. The predicted octanol–water partition coefficient (Wildman–Crippen LogP) is 5.63. The van der Waals surface area contributed by atoms with E-state index in [2.05, 4.69) is 34.3 Å². The predicted molar refractivity (Wildman–Crippen MR) is 137 cm³/mol. The second-order valence-corrected chi connectivity index (χ2v) is 11.4. The van der Waals surface area contributed by atoms with E-state index in [1.165, 1.54) is 11.3 Å². The SMILES string of the molecule is CC(C)N1CCC(NC(=O)c2cc(-c3cccs3)n(Cc3cc(-c4ccc(Cl)s4)on3)n2)CC1.